The summed E-state index contributed by atoms with van der Waals surface area (Å²) in [4.78, 5) is 24.4. The summed E-state index contributed by atoms with van der Waals surface area (Å²) in [7, 11) is -3.90. The van der Waals surface area contributed by atoms with Gasteiger partial charge in [0.15, 0.2) is 5.78 Å². The molecule has 1 heterocycles. The highest BCUT2D eigenvalue weighted by Gasteiger charge is 2.22. The third-order valence-electron chi connectivity index (χ3n) is 4.19. The molecule has 3 aromatic rings. The summed E-state index contributed by atoms with van der Waals surface area (Å²) < 4.78 is 28.1. The molecule has 0 fully saturated rings. The van der Waals surface area contributed by atoms with E-state index in [9.17, 15) is 18.0 Å². The molecule has 0 amide bonds. The number of carboxylic acid groups (broad SMARTS) is 1. The van der Waals surface area contributed by atoms with Crippen molar-refractivity contribution >= 4 is 38.8 Å². The number of thiophene rings is 1. The van der Waals surface area contributed by atoms with E-state index in [-0.39, 0.29) is 28.3 Å². The molecule has 0 unspecified atom stereocenters. The highest BCUT2D eigenvalue weighted by atomic mass is 32.2. The number of carbonyl (C=O) groups is 2. The standard InChI is InChI=1S/C21H19NO5S2/c1-14-7-9-16(10-8-14)29(26,27)22-17-13-19(15-5-3-2-4-6-15)28-21(17)18(23)11-12-20(24)25/h2-10,13,22H,11-12H2,1H3,(H,24,25). The third-order valence-corrected chi connectivity index (χ3v) is 6.79. The first-order valence-electron chi connectivity index (χ1n) is 8.80. The molecule has 0 aliphatic rings. The molecule has 0 saturated carbocycles. The molecule has 0 saturated heterocycles. The summed E-state index contributed by atoms with van der Waals surface area (Å²) in [6, 6.07) is 17.2. The minimum absolute atomic E-state index is 0.0829. The van der Waals surface area contributed by atoms with Crippen LogP contribution in [0.4, 0.5) is 5.69 Å². The molecule has 3 rings (SSSR count). The molecule has 0 spiro atoms. The molecule has 6 nitrogen and oxygen atoms in total. The van der Waals surface area contributed by atoms with Gasteiger partial charge in [-0.25, -0.2) is 8.42 Å². The lowest BCUT2D eigenvalue weighted by Crippen LogP contribution is -2.14. The molecular formula is C21H19NO5S2. The van der Waals surface area contributed by atoms with Crippen molar-refractivity contribution in [1.29, 1.82) is 0 Å². The van der Waals surface area contributed by atoms with Crippen LogP contribution in [0, 0.1) is 6.92 Å². The highest BCUT2D eigenvalue weighted by molar-refractivity contribution is 7.92. The van der Waals surface area contributed by atoms with Crippen LogP contribution in [0.3, 0.4) is 0 Å². The number of benzene rings is 2. The third kappa shape index (κ3) is 5.10. The Bertz CT molecular complexity index is 1130. The van der Waals surface area contributed by atoms with Gasteiger partial charge in [0.25, 0.3) is 10.0 Å². The number of aliphatic carboxylic acids is 1. The summed E-state index contributed by atoms with van der Waals surface area (Å²) in [6.07, 6.45) is -0.523. The summed E-state index contributed by atoms with van der Waals surface area (Å²) in [5.41, 5.74) is 1.92. The Balaban J connectivity index is 1.99. The number of carbonyl (C=O) groups excluding carboxylic acids is 1. The summed E-state index contributed by atoms with van der Waals surface area (Å²) in [5.74, 6) is -1.50. The highest BCUT2D eigenvalue weighted by Crippen LogP contribution is 2.36. The minimum Gasteiger partial charge on any atom is -0.481 e. The van der Waals surface area contributed by atoms with Gasteiger partial charge in [0.05, 0.1) is 21.9 Å². The molecule has 150 valence electrons. The fourth-order valence-electron chi connectivity index (χ4n) is 2.67. The fourth-order valence-corrected chi connectivity index (χ4v) is 4.89. The number of sulfonamides is 1. The van der Waals surface area contributed by atoms with E-state index in [0.717, 1.165) is 22.5 Å². The Hall–Kier alpha value is -2.97. The molecule has 0 radical (unpaired) electrons. The second-order valence-corrected chi connectivity index (χ2v) is 9.19. The van der Waals surface area contributed by atoms with Crippen molar-refractivity contribution in [2.24, 2.45) is 0 Å². The maximum Gasteiger partial charge on any atom is 0.303 e. The monoisotopic (exact) mass is 429 g/mol. The van der Waals surface area contributed by atoms with Crippen molar-refractivity contribution in [2.45, 2.75) is 24.7 Å². The van der Waals surface area contributed by atoms with E-state index in [4.69, 9.17) is 5.11 Å². The van der Waals surface area contributed by atoms with E-state index < -0.39 is 21.8 Å². The fraction of sp³-hybridized carbons (Fsp3) is 0.143. The van der Waals surface area contributed by atoms with E-state index in [1.54, 1.807) is 18.2 Å². The molecule has 0 aliphatic carbocycles. The van der Waals surface area contributed by atoms with E-state index in [2.05, 4.69) is 4.72 Å². The van der Waals surface area contributed by atoms with Gasteiger partial charge >= 0.3 is 5.97 Å². The number of ketones is 1. The zero-order valence-corrected chi connectivity index (χ0v) is 17.2. The number of anilines is 1. The molecule has 8 heteroatoms. The molecule has 2 aromatic carbocycles. The smallest absolute Gasteiger partial charge is 0.303 e. The van der Waals surface area contributed by atoms with Crippen LogP contribution < -0.4 is 4.72 Å². The van der Waals surface area contributed by atoms with Gasteiger partial charge in [0, 0.05) is 11.3 Å². The maximum absolute atomic E-state index is 12.8. The Kier molecular flexibility index (Phi) is 6.14. The second-order valence-electron chi connectivity index (χ2n) is 6.45. The quantitative estimate of drug-likeness (QED) is 0.511. The van der Waals surface area contributed by atoms with Crippen LogP contribution in [0.5, 0.6) is 0 Å². The molecule has 29 heavy (non-hydrogen) atoms. The first-order valence-corrected chi connectivity index (χ1v) is 11.1. The van der Waals surface area contributed by atoms with Crippen LogP contribution in [0.25, 0.3) is 10.4 Å². The number of Topliss-reactive ketones (excluding diaryl/α,β-unsaturated/α-hetero) is 1. The van der Waals surface area contributed by atoms with Crippen molar-refractivity contribution in [3.63, 3.8) is 0 Å². The van der Waals surface area contributed by atoms with E-state index >= 15 is 0 Å². The Labute approximate surface area is 172 Å². The predicted octanol–water partition coefficient (Wildman–Crippen LogP) is 4.57. The van der Waals surface area contributed by atoms with Crippen molar-refractivity contribution in [3.8, 4) is 10.4 Å². The van der Waals surface area contributed by atoms with Gasteiger partial charge < -0.3 is 5.11 Å². The van der Waals surface area contributed by atoms with E-state index in [0.29, 0.717) is 4.88 Å². The van der Waals surface area contributed by atoms with Gasteiger partial charge in [0.1, 0.15) is 0 Å². The number of rotatable bonds is 8. The zero-order chi connectivity index (χ0) is 21.0. The van der Waals surface area contributed by atoms with E-state index in [1.807, 2.05) is 37.3 Å². The summed E-state index contributed by atoms with van der Waals surface area (Å²) >= 11 is 1.14. The van der Waals surface area contributed by atoms with Gasteiger partial charge in [-0.3, -0.25) is 14.3 Å². The number of nitrogens with one attached hydrogen (secondary N) is 1. The minimum atomic E-state index is -3.90. The number of hydrogen-bond acceptors (Lipinski definition) is 5. The Morgan fingerprint density at radius 2 is 1.66 bits per heavy atom. The first-order chi connectivity index (χ1) is 13.8. The summed E-state index contributed by atoms with van der Waals surface area (Å²) in [5, 5.41) is 8.86. The number of carboxylic acids is 1. The van der Waals surface area contributed by atoms with Gasteiger partial charge in [-0.2, -0.15) is 0 Å². The van der Waals surface area contributed by atoms with Gasteiger partial charge in [-0.15, -0.1) is 11.3 Å². The van der Waals surface area contributed by atoms with Crippen LogP contribution in [0.15, 0.2) is 65.6 Å². The van der Waals surface area contributed by atoms with Crippen LogP contribution in [-0.2, 0) is 14.8 Å². The topological polar surface area (TPSA) is 101 Å². The van der Waals surface area contributed by atoms with Crippen LogP contribution in [-0.4, -0.2) is 25.3 Å². The number of aryl methyl sites for hydroxylation is 1. The van der Waals surface area contributed by atoms with Crippen LogP contribution in [0.1, 0.15) is 28.1 Å². The lowest BCUT2D eigenvalue weighted by molar-refractivity contribution is -0.136. The molecular weight excluding hydrogens is 410 g/mol. The largest absolute Gasteiger partial charge is 0.481 e. The van der Waals surface area contributed by atoms with Crippen molar-refractivity contribution in [1.82, 2.24) is 0 Å². The van der Waals surface area contributed by atoms with Gasteiger partial charge in [0.2, 0.25) is 0 Å². The first kappa shape index (κ1) is 20.8. The average molecular weight is 430 g/mol. The molecule has 1 aromatic heterocycles. The van der Waals surface area contributed by atoms with E-state index in [1.165, 1.54) is 12.1 Å². The normalized spacial score (nSPS) is 11.2. The molecule has 0 aliphatic heterocycles. The van der Waals surface area contributed by atoms with Crippen molar-refractivity contribution < 1.29 is 23.1 Å². The second kappa shape index (κ2) is 8.59. The lowest BCUT2D eigenvalue weighted by Gasteiger charge is -2.08. The van der Waals surface area contributed by atoms with Crippen molar-refractivity contribution in [3.05, 3.63) is 71.1 Å². The average Bonchev–Trinajstić information content (AvgIpc) is 3.10. The zero-order valence-electron chi connectivity index (χ0n) is 15.6. The van der Waals surface area contributed by atoms with Crippen LogP contribution >= 0.6 is 11.3 Å². The molecule has 0 atom stereocenters. The van der Waals surface area contributed by atoms with Crippen molar-refractivity contribution in [2.75, 3.05) is 4.72 Å². The summed E-state index contributed by atoms with van der Waals surface area (Å²) in [6.45, 7) is 1.86. The Morgan fingerprint density at radius 1 is 1.00 bits per heavy atom. The number of hydrogen-bond donors (Lipinski definition) is 2. The predicted molar refractivity (Wildman–Crippen MR) is 113 cm³/mol. The maximum atomic E-state index is 12.8. The Morgan fingerprint density at radius 3 is 2.28 bits per heavy atom. The molecule has 2 N–H and O–H groups in total. The lowest BCUT2D eigenvalue weighted by atomic mass is 10.1. The van der Waals surface area contributed by atoms with Gasteiger partial charge in [-0.05, 0) is 30.7 Å². The molecule has 0 bridgehead atoms. The van der Waals surface area contributed by atoms with Gasteiger partial charge in [-0.1, -0.05) is 48.0 Å². The SMILES string of the molecule is Cc1ccc(S(=O)(=O)Nc2cc(-c3ccccc3)sc2C(=O)CCC(=O)O)cc1. The van der Waals surface area contributed by atoms with Crippen LogP contribution in [0.2, 0.25) is 0 Å².